The molecule has 0 nitrogen and oxygen atoms in total. The van der Waals surface area contributed by atoms with Crippen LogP contribution >= 0.6 is 34.5 Å². The lowest BCUT2D eigenvalue weighted by atomic mass is 10.0. The van der Waals surface area contributed by atoms with Gasteiger partial charge in [-0.15, -0.1) is 11.3 Å². The molecule has 0 atom stereocenters. The largest absolute Gasteiger partial charge is 0.135 e. The fourth-order valence-corrected chi connectivity index (χ4v) is 5.08. The molecule has 0 saturated heterocycles. The van der Waals surface area contributed by atoms with E-state index >= 15 is 0 Å². The van der Waals surface area contributed by atoms with Crippen LogP contribution in [0.1, 0.15) is 37.5 Å². The molecule has 3 rings (SSSR count). The van der Waals surface area contributed by atoms with Gasteiger partial charge in [0.25, 0.3) is 0 Å². The number of benzene rings is 2. The van der Waals surface area contributed by atoms with Gasteiger partial charge in [-0.05, 0) is 54.2 Å². The van der Waals surface area contributed by atoms with E-state index in [1.807, 2.05) is 11.3 Å². The van der Waals surface area contributed by atoms with Crippen molar-refractivity contribution in [1.82, 2.24) is 0 Å². The number of halogens is 2. The molecule has 110 valence electrons. The van der Waals surface area contributed by atoms with Crippen LogP contribution in [0.15, 0.2) is 18.2 Å². The number of aryl methyl sites for hydroxylation is 3. The summed E-state index contributed by atoms with van der Waals surface area (Å²) in [6.07, 6.45) is 2.89. The van der Waals surface area contributed by atoms with Gasteiger partial charge < -0.3 is 0 Å². The van der Waals surface area contributed by atoms with Gasteiger partial charge >= 0.3 is 0 Å². The van der Waals surface area contributed by atoms with Crippen molar-refractivity contribution in [1.29, 1.82) is 0 Å². The maximum absolute atomic E-state index is 6.59. The average molecular weight is 337 g/mol. The molecule has 0 radical (unpaired) electrons. The molecule has 21 heavy (non-hydrogen) atoms. The van der Waals surface area contributed by atoms with E-state index < -0.39 is 0 Å². The second kappa shape index (κ2) is 5.79. The lowest BCUT2D eigenvalue weighted by Gasteiger charge is -2.08. The summed E-state index contributed by atoms with van der Waals surface area (Å²) in [5, 5.41) is 4.47. The Kier molecular flexibility index (Phi) is 4.18. The standard InChI is InChI=1S/C18H18Cl2S/c1-4-10-7-13-14-8-11(5-2)17(20)12(6-3)18(14)21-16(13)9-15(10)19/h7-9H,4-6H2,1-3H3. The minimum atomic E-state index is 0.872. The summed E-state index contributed by atoms with van der Waals surface area (Å²) < 4.78 is 2.57. The zero-order valence-electron chi connectivity index (χ0n) is 12.5. The Balaban J connectivity index is 2.47. The Hall–Kier alpha value is -0.760. The van der Waals surface area contributed by atoms with Crippen molar-refractivity contribution in [2.75, 3.05) is 0 Å². The molecule has 0 spiro atoms. The van der Waals surface area contributed by atoms with E-state index in [0.29, 0.717) is 0 Å². The molecular weight excluding hydrogens is 319 g/mol. The van der Waals surface area contributed by atoms with Crippen molar-refractivity contribution >= 4 is 54.7 Å². The Morgan fingerprint density at radius 3 is 2.14 bits per heavy atom. The van der Waals surface area contributed by atoms with E-state index in [1.165, 1.54) is 36.9 Å². The third kappa shape index (κ3) is 2.36. The Morgan fingerprint density at radius 1 is 0.857 bits per heavy atom. The van der Waals surface area contributed by atoms with Crippen molar-refractivity contribution < 1.29 is 0 Å². The van der Waals surface area contributed by atoms with Gasteiger partial charge in [0.05, 0.1) is 0 Å². The minimum Gasteiger partial charge on any atom is -0.135 e. The molecule has 0 aliphatic heterocycles. The van der Waals surface area contributed by atoms with Crippen molar-refractivity contribution in [3.63, 3.8) is 0 Å². The molecule has 0 aliphatic carbocycles. The van der Waals surface area contributed by atoms with Gasteiger partial charge in [0.2, 0.25) is 0 Å². The molecule has 0 amide bonds. The highest BCUT2D eigenvalue weighted by Gasteiger charge is 2.15. The van der Waals surface area contributed by atoms with Crippen molar-refractivity contribution in [3.8, 4) is 0 Å². The van der Waals surface area contributed by atoms with Crippen LogP contribution in [0, 0.1) is 0 Å². The molecule has 0 N–H and O–H groups in total. The molecule has 2 aromatic carbocycles. The second-order valence-electron chi connectivity index (χ2n) is 5.31. The summed E-state index contributed by atoms with van der Waals surface area (Å²) in [4.78, 5) is 0. The van der Waals surface area contributed by atoms with Crippen molar-refractivity contribution in [2.24, 2.45) is 0 Å². The van der Waals surface area contributed by atoms with Crippen LogP contribution in [0.4, 0.5) is 0 Å². The van der Waals surface area contributed by atoms with E-state index in [4.69, 9.17) is 23.2 Å². The Labute approximate surface area is 139 Å². The summed E-state index contributed by atoms with van der Waals surface area (Å²) in [5.74, 6) is 0. The summed E-state index contributed by atoms with van der Waals surface area (Å²) in [6, 6.07) is 6.63. The predicted molar refractivity (Wildman–Crippen MR) is 97.5 cm³/mol. The first-order chi connectivity index (χ1) is 10.1. The number of rotatable bonds is 3. The van der Waals surface area contributed by atoms with Crippen molar-refractivity contribution in [3.05, 3.63) is 44.9 Å². The molecule has 0 fully saturated rings. The summed E-state index contributed by atoms with van der Waals surface area (Å²) in [5.41, 5.74) is 3.74. The second-order valence-corrected chi connectivity index (χ2v) is 7.14. The normalized spacial score (nSPS) is 11.7. The van der Waals surface area contributed by atoms with Gasteiger partial charge in [0, 0.05) is 30.2 Å². The minimum absolute atomic E-state index is 0.872. The maximum atomic E-state index is 6.59. The monoisotopic (exact) mass is 336 g/mol. The number of hydrogen-bond donors (Lipinski definition) is 0. The molecule has 1 aromatic heterocycles. The number of hydrogen-bond acceptors (Lipinski definition) is 1. The van der Waals surface area contributed by atoms with Gasteiger partial charge in [0.1, 0.15) is 0 Å². The maximum Gasteiger partial charge on any atom is 0.0484 e. The third-order valence-electron chi connectivity index (χ3n) is 4.15. The van der Waals surface area contributed by atoms with Gasteiger partial charge in [-0.3, -0.25) is 0 Å². The van der Waals surface area contributed by atoms with Crippen LogP contribution in [0.2, 0.25) is 10.0 Å². The van der Waals surface area contributed by atoms with Crippen LogP contribution < -0.4 is 0 Å². The predicted octanol–water partition coefficient (Wildman–Crippen LogP) is 7.05. The van der Waals surface area contributed by atoms with E-state index in [1.54, 1.807) is 0 Å². The topological polar surface area (TPSA) is 0 Å². The first-order valence-electron chi connectivity index (χ1n) is 7.45. The molecule has 0 saturated carbocycles. The van der Waals surface area contributed by atoms with Crippen LogP contribution in [0.25, 0.3) is 20.2 Å². The molecule has 0 bridgehead atoms. The van der Waals surface area contributed by atoms with Crippen LogP contribution in [0.3, 0.4) is 0 Å². The fraction of sp³-hybridized carbons (Fsp3) is 0.333. The SMILES string of the molecule is CCc1cc2c(cc1Cl)sc1c(CC)c(Cl)c(CC)cc12. The number of thiophene rings is 1. The first-order valence-corrected chi connectivity index (χ1v) is 9.02. The van der Waals surface area contributed by atoms with Crippen molar-refractivity contribution in [2.45, 2.75) is 40.0 Å². The Morgan fingerprint density at radius 2 is 1.52 bits per heavy atom. The average Bonchev–Trinajstić information content (AvgIpc) is 2.82. The molecule has 0 aliphatic rings. The van der Waals surface area contributed by atoms with Gasteiger partial charge in [-0.25, -0.2) is 0 Å². The van der Waals surface area contributed by atoms with Gasteiger partial charge in [-0.2, -0.15) is 0 Å². The molecular formula is C18H18Cl2S. The smallest absolute Gasteiger partial charge is 0.0484 e. The lowest BCUT2D eigenvalue weighted by molar-refractivity contribution is 1.11. The molecule has 1 heterocycles. The van der Waals surface area contributed by atoms with Crippen LogP contribution in [-0.4, -0.2) is 0 Å². The summed E-state index contributed by atoms with van der Waals surface area (Å²) in [7, 11) is 0. The molecule has 0 unspecified atom stereocenters. The molecule has 3 heteroatoms. The van der Waals surface area contributed by atoms with E-state index in [2.05, 4.69) is 39.0 Å². The lowest BCUT2D eigenvalue weighted by Crippen LogP contribution is -1.90. The summed E-state index contributed by atoms with van der Waals surface area (Å²) >= 11 is 14.8. The highest BCUT2D eigenvalue weighted by molar-refractivity contribution is 7.26. The highest BCUT2D eigenvalue weighted by Crippen LogP contribution is 2.42. The zero-order chi connectivity index (χ0) is 15.1. The summed E-state index contributed by atoms with van der Waals surface area (Å²) in [6.45, 7) is 6.48. The van der Waals surface area contributed by atoms with Gasteiger partial charge in [0.15, 0.2) is 0 Å². The molecule has 3 aromatic rings. The van der Waals surface area contributed by atoms with Gasteiger partial charge in [-0.1, -0.05) is 44.0 Å². The van der Waals surface area contributed by atoms with Crippen LogP contribution in [-0.2, 0) is 19.3 Å². The highest BCUT2D eigenvalue weighted by atomic mass is 35.5. The third-order valence-corrected chi connectivity index (χ3v) is 6.20. The zero-order valence-corrected chi connectivity index (χ0v) is 14.8. The van der Waals surface area contributed by atoms with E-state index in [9.17, 15) is 0 Å². The quantitative estimate of drug-likeness (QED) is 0.480. The van der Waals surface area contributed by atoms with E-state index in [-0.39, 0.29) is 0 Å². The van der Waals surface area contributed by atoms with E-state index in [0.717, 1.165) is 29.3 Å². The fourth-order valence-electron chi connectivity index (χ4n) is 2.92. The first kappa shape index (κ1) is 15.1. The number of fused-ring (bicyclic) bond motifs is 3. The van der Waals surface area contributed by atoms with Crippen LogP contribution in [0.5, 0.6) is 0 Å². The Bertz CT molecular complexity index is 830.